The number of hydrogen-bond donors (Lipinski definition) is 1. The molecule has 4 nitrogen and oxygen atoms in total. The molecular weight excluding hydrogens is 281 g/mol. The fraction of sp³-hybridized carbons (Fsp3) is 0.529. The number of anilines is 1. The molecule has 2 aliphatic rings. The summed E-state index contributed by atoms with van der Waals surface area (Å²) in [6, 6.07) is 4.96. The average molecular weight is 301 g/mol. The molecule has 1 spiro atoms. The molecule has 0 amide bonds. The summed E-state index contributed by atoms with van der Waals surface area (Å²) in [5.41, 5.74) is 0.825. The Morgan fingerprint density at radius 3 is 2.95 bits per heavy atom. The number of aromatic nitrogens is 2. The molecule has 1 aliphatic heterocycles. The van der Waals surface area contributed by atoms with Crippen molar-refractivity contribution in [2.75, 3.05) is 11.9 Å². The van der Waals surface area contributed by atoms with Gasteiger partial charge in [0.05, 0.1) is 11.1 Å². The quantitative estimate of drug-likeness (QED) is 0.919. The first-order valence-electron chi connectivity index (χ1n) is 8.05. The lowest BCUT2D eigenvalue weighted by Gasteiger charge is -2.38. The molecule has 4 rings (SSSR count). The van der Waals surface area contributed by atoms with Crippen molar-refractivity contribution in [2.24, 2.45) is 0 Å². The highest BCUT2D eigenvalue weighted by Crippen LogP contribution is 2.40. The van der Waals surface area contributed by atoms with Gasteiger partial charge in [0.2, 0.25) is 0 Å². The van der Waals surface area contributed by atoms with Gasteiger partial charge in [-0.05, 0) is 43.9 Å². The van der Waals surface area contributed by atoms with E-state index in [0.29, 0.717) is 6.04 Å². The van der Waals surface area contributed by atoms with Gasteiger partial charge >= 0.3 is 0 Å². The number of hydrogen-bond acceptors (Lipinski definition) is 4. The van der Waals surface area contributed by atoms with Gasteiger partial charge in [0, 0.05) is 18.0 Å². The van der Waals surface area contributed by atoms with E-state index < -0.39 is 0 Å². The van der Waals surface area contributed by atoms with Crippen LogP contribution in [0.4, 0.5) is 10.2 Å². The Morgan fingerprint density at radius 1 is 1.23 bits per heavy atom. The van der Waals surface area contributed by atoms with E-state index in [9.17, 15) is 4.39 Å². The van der Waals surface area contributed by atoms with E-state index >= 15 is 0 Å². The number of halogens is 1. The van der Waals surface area contributed by atoms with Crippen molar-refractivity contribution in [3.8, 4) is 0 Å². The molecule has 0 radical (unpaired) electrons. The standard InChI is InChI=1S/C17H20FN3O/c18-12-3-4-15-14(9-12)16(20-11-19-15)21-13-5-8-22-17(10-13)6-1-2-7-17/h3-4,9,11,13H,1-2,5-8,10H2,(H,19,20,21). The van der Waals surface area contributed by atoms with Crippen molar-refractivity contribution in [2.45, 2.75) is 50.2 Å². The molecule has 1 atom stereocenters. The zero-order chi connectivity index (χ0) is 15.0. The summed E-state index contributed by atoms with van der Waals surface area (Å²) in [6.07, 6.45) is 8.33. The lowest BCUT2D eigenvalue weighted by atomic mass is 9.89. The average Bonchev–Trinajstić information content (AvgIpc) is 2.96. The summed E-state index contributed by atoms with van der Waals surface area (Å²) in [7, 11) is 0. The SMILES string of the molecule is Fc1ccc2ncnc(NC3CCOC4(CCCC4)C3)c2c1. The molecule has 22 heavy (non-hydrogen) atoms. The van der Waals surface area contributed by atoms with E-state index in [0.717, 1.165) is 49.0 Å². The molecule has 5 heteroatoms. The van der Waals surface area contributed by atoms with Crippen molar-refractivity contribution >= 4 is 16.7 Å². The van der Waals surface area contributed by atoms with Crippen molar-refractivity contribution in [1.82, 2.24) is 9.97 Å². The summed E-state index contributed by atoms with van der Waals surface area (Å²) in [5, 5.41) is 4.25. The molecule has 1 saturated carbocycles. The Bertz CT molecular complexity index is 685. The van der Waals surface area contributed by atoms with E-state index in [1.165, 1.54) is 31.3 Å². The van der Waals surface area contributed by atoms with Crippen LogP contribution < -0.4 is 5.32 Å². The number of ether oxygens (including phenoxy) is 1. The zero-order valence-corrected chi connectivity index (χ0v) is 12.5. The third-order valence-corrected chi connectivity index (χ3v) is 4.95. The topological polar surface area (TPSA) is 47.0 Å². The Kier molecular flexibility index (Phi) is 3.45. The summed E-state index contributed by atoms with van der Waals surface area (Å²) in [6.45, 7) is 0.787. The molecule has 1 aromatic heterocycles. The molecule has 2 aromatic rings. The third kappa shape index (κ3) is 2.54. The predicted molar refractivity (Wildman–Crippen MR) is 83.3 cm³/mol. The first-order chi connectivity index (χ1) is 10.7. The summed E-state index contributed by atoms with van der Waals surface area (Å²) in [5.74, 6) is 0.467. The highest BCUT2D eigenvalue weighted by atomic mass is 19.1. The molecular formula is C17H20FN3O. The molecule has 1 aliphatic carbocycles. The third-order valence-electron chi connectivity index (χ3n) is 4.95. The Hall–Kier alpha value is -1.75. The second kappa shape index (κ2) is 5.47. The van der Waals surface area contributed by atoms with Crippen LogP contribution in [0.2, 0.25) is 0 Å². The maximum atomic E-state index is 13.5. The van der Waals surface area contributed by atoms with Gasteiger partial charge in [-0.15, -0.1) is 0 Å². The fourth-order valence-electron chi connectivity index (χ4n) is 3.86. The molecule has 1 aromatic carbocycles. The van der Waals surface area contributed by atoms with Crippen LogP contribution in [0.25, 0.3) is 10.9 Å². The van der Waals surface area contributed by atoms with Crippen molar-refractivity contribution in [3.05, 3.63) is 30.3 Å². The smallest absolute Gasteiger partial charge is 0.137 e. The predicted octanol–water partition coefficient (Wildman–Crippen LogP) is 3.67. The minimum absolute atomic E-state index is 0.0595. The first kappa shape index (κ1) is 13.9. The van der Waals surface area contributed by atoms with Crippen LogP contribution in [-0.4, -0.2) is 28.2 Å². The maximum absolute atomic E-state index is 13.5. The fourth-order valence-corrected chi connectivity index (χ4v) is 3.86. The monoisotopic (exact) mass is 301 g/mol. The van der Waals surface area contributed by atoms with E-state index in [-0.39, 0.29) is 11.4 Å². The van der Waals surface area contributed by atoms with Crippen LogP contribution in [0.1, 0.15) is 38.5 Å². The maximum Gasteiger partial charge on any atom is 0.137 e. The van der Waals surface area contributed by atoms with Crippen molar-refractivity contribution in [1.29, 1.82) is 0 Å². The highest BCUT2D eigenvalue weighted by Gasteiger charge is 2.40. The number of benzene rings is 1. The largest absolute Gasteiger partial charge is 0.375 e. The van der Waals surface area contributed by atoms with Gasteiger partial charge in [0.1, 0.15) is 18.0 Å². The number of nitrogens with zero attached hydrogens (tertiary/aromatic N) is 2. The van der Waals surface area contributed by atoms with Gasteiger partial charge in [0.25, 0.3) is 0 Å². The van der Waals surface area contributed by atoms with Crippen molar-refractivity contribution < 1.29 is 9.13 Å². The molecule has 0 bridgehead atoms. The summed E-state index contributed by atoms with van der Waals surface area (Å²) >= 11 is 0. The molecule has 1 saturated heterocycles. The minimum Gasteiger partial charge on any atom is -0.375 e. The van der Waals surface area contributed by atoms with Gasteiger partial charge in [-0.3, -0.25) is 0 Å². The van der Waals surface area contributed by atoms with Crippen LogP contribution in [0.15, 0.2) is 24.5 Å². The molecule has 2 fully saturated rings. The normalized spacial score (nSPS) is 24.0. The van der Waals surface area contributed by atoms with Gasteiger partial charge in [0.15, 0.2) is 0 Å². The van der Waals surface area contributed by atoms with Crippen LogP contribution in [0.3, 0.4) is 0 Å². The summed E-state index contributed by atoms with van der Waals surface area (Å²) < 4.78 is 19.6. The first-order valence-corrected chi connectivity index (χ1v) is 8.05. The molecule has 1 unspecified atom stereocenters. The van der Waals surface area contributed by atoms with Gasteiger partial charge in [-0.25, -0.2) is 14.4 Å². The lowest BCUT2D eigenvalue weighted by Crippen LogP contribution is -2.42. The van der Waals surface area contributed by atoms with Crippen LogP contribution in [0.5, 0.6) is 0 Å². The lowest BCUT2D eigenvalue weighted by molar-refractivity contribution is -0.0767. The van der Waals surface area contributed by atoms with Crippen LogP contribution >= 0.6 is 0 Å². The minimum atomic E-state index is -0.260. The van der Waals surface area contributed by atoms with Gasteiger partial charge in [-0.2, -0.15) is 0 Å². The molecule has 2 heterocycles. The van der Waals surface area contributed by atoms with Gasteiger partial charge in [-0.1, -0.05) is 12.8 Å². The van der Waals surface area contributed by atoms with Crippen LogP contribution in [0, 0.1) is 5.82 Å². The van der Waals surface area contributed by atoms with Gasteiger partial charge < -0.3 is 10.1 Å². The second-order valence-corrected chi connectivity index (χ2v) is 6.46. The zero-order valence-electron chi connectivity index (χ0n) is 12.5. The Balaban J connectivity index is 1.59. The Labute approximate surface area is 129 Å². The number of nitrogens with one attached hydrogen (secondary N) is 1. The summed E-state index contributed by atoms with van der Waals surface area (Å²) in [4.78, 5) is 8.53. The van der Waals surface area contributed by atoms with E-state index in [1.54, 1.807) is 6.07 Å². The van der Waals surface area contributed by atoms with Crippen molar-refractivity contribution in [3.63, 3.8) is 0 Å². The van der Waals surface area contributed by atoms with Crippen LogP contribution in [-0.2, 0) is 4.74 Å². The highest BCUT2D eigenvalue weighted by molar-refractivity contribution is 5.88. The van der Waals surface area contributed by atoms with E-state index in [2.05, 4.69) is 15.3 Å². The molecule has 116 valence electrons. The Morgan fingerprint density at radius 2 is 2.09 bits per heavy atom. The van der Waals surface area contributed by atoms with E-state index in [1.807, 2.05) is 0 Å². The number of fused-ring (bicyclic) bond motifs is 1. The van der Waals surface area contributed by atoms with E-state index in [4.69, 9.17) is 4.74 Å². The molecule has 1 N–H and O–H groups in total. The second-order valence-electron chi connectivity index (χ2n) is 6.46. The number of rotatable bonds is 2.